The number of carbonyl (C=O) groups excluding carboxylic acids is 3. The summed E-state index contributed by atoms with van der Waals surface area (Å²) in [6.45, 7) is 25.3. The molecule has 0 spiro atoms. The number of nitrogens with one attached hydrogen (secondary N) is 2. The molecule has 4 aliphatic carbocycles. The highest BCUT2D eigenvalue weighted by Crippen LogP contribution is 2.67. The Morgan fingerprint density at radius 3 is 2.15 bits per heavy atom. The van der Waals surface area contributed by atoms with Crippen molar-refractivity contribution in [1.29, 1.82) is 0 Å². The molecule has 0 heterocycles. The van der Waals surface area contributed by atoms with Gasteiger partial charge in [0.15, 0.2) is 0 Å². The fourth-order valence-electron chi connectivity index (χ4n) is 11.0. The molecule has 0 aliphatic heterocycles. The summed E-state index contributed by atoms with van der Waals surface area (Å²) in [6.07, 6.45) is 17.0. The molecule has 0 aromatic carbocycles. The topological polar surface area (TPSA) is 106 Å². The summed E-state index contributed by atoms with van der Waals surface area (Å²) in [5, 5.41) is 5.72. The molecule has 8 atom stereocenters. The molecule has 2 N–H and O–H groups in total. The van der Waals surface area contributed by atoms with E-state index in [1.165, 1.54) is 56.9 Å². The number of amides is 3. The highest BCUT2D eigenvalue weighted by Gasteiger charge is 2.59. The summed E-state index contributed by atoms with van der Waals surface area (Å²) in [4.78, 5) is 39.6. The van der Waals surface area contributed by atoms with Crippen molar-refractivity contribution in [2.45, 2.75) is 183 Å². The zero-order chi connectivity index (χ0) is 39.9. The Kier molecular flexibility index (Phi) is 15.3. The minimum Gasteiger partial charge on any atom is -0.446 e. The van der Waals surface area contributed by atoms with Gasteiger partial charge in [-0.25, -0.2) is 14.4 Å². The van der Waals surface area contributed by atoms with Gasteiger partial charge in [-0.2, -0.15) is 0 Å². The van der Waals surface area contributed by atoms with Crippen LogP contribution < -0.4 is 10.6 Å². The third kappa shape index (κ3) is 12.0. The van der Waals surface area contributed by atoms with Gasteiger partial charge in [0.2, 0.25) is 0 Å². The van der Waals surface area contributed by atoms with Crippen LogP contribution in [0.5, 0.6) is 0 Å². The molecule has 4 aliphatic rings. The third-order valence-electron chi connectivity index (χ3n) is 13.6. The lowest BCUT2D eigenvalue weighted by atomic mass is 9.47. The Hall–Kier alpha value is -2.45. The number of unbranched alkanes of at least 4 members (excludes halogenated alkanes) is 1. The smallest absolute Gasteiger partial charge is 0.410 e. The number of ether oxygens (including phenoxy) is 3. The van der Waals surface area contributed by atoms with Gasteiger partial charge in [-0.3, -0.25) is 0 Å². The number of fused-ring (bicyclic) bond motifs is 5. The highest BCUT2D eigenvalue weighted by molar-refractivity contribution is 5.68. The van der Waals surface area contributed by atoms with Crippen LogP contribution in [0.15, 0.2) is 11.6 Å². The number of hydrogen-bond donors (Lipinski definition) is 2. The zero-order valence-corrected chi connectivity index (χ0v) is 36.2. The van der Waals surface area contributed by atoms with E-state index in [9.17, 15) is 14.4 Å². The minimum atomic E-state index is -0.608. The number of allylic oxidation sites excluding steroid dienone is 1. The van der Waals surface area contributed by atoms with Gasteiger partial charge >= 0.3 is 18.3 Å². The Labute approximate surface area is 329 Å². The molecule has 0 bridgehead atoms. The van der Waals surface area contributed by atoms with Crippen molar-refractivity contribution >= 4 is 18.3 Å². The van der Waals surface area contributed by atoms with E-state index in [0.29, 0.717) is 50.9 Å². The lowest BCUT2D eigenvalue weighted by Gasteiger charge is -2.58. The van der Waals surface area contributed by atoms with Gasteiger partial charge in [-0.15, -0.1) is 0 Å². The number of nitrogens with zero attached hydrogens (tertiary/aromatic N) is 1. The van der Waals surface area contributed by atoms with Gasteiger partial charge in [0.05, 0.1) is 0 Å². The van der Waals surface area contributed by atoms with Crippen LogP contribution in [0.25, 0.3) is 0 Å². The van der Waals surface area contributed by atoms with Crippen LogP contribution in [0.4, 0.5) is 14.4 Å². The number of rotatable bonds is 15. The second-order valence-corrected chi connectivity index (χ2v) is 20.4. The highest BCUT2D eigenvalue weighted by atomic mass is 16.6. The second kappa shape index (κ2) is 18.7. The predicted octanol–water partition coefficient (Wildman–Crippen LogP) is 11.1. The lowest BCUT2D eigenvalue weighted by molar-refractivity contribution is -0.0581. The van der Waals surface area contributed by atoms with Crippen molar-refractivity contribution in [2.24, 2.45) is 46.3 Å². The zero-order valence-electron chi connectivity index (χ0n) is 36.2. The molecule has 9 heteroatoms. The standard InChI is InChI=1S/C45H79N3O6/c1-31(2)16-14-17-32(3)36-20-21-37-35-19-18-33-30-34(22-24-44(33,10)38(35)23-25-45(36,37)11)52-39(49)46-27-15-29-48(41(51)54-43(7,8)9)28-13-12-26-47-40(50)53-42(4,5)6/h18,31-32,34-38H,12-17,19-30H2,1-11H3,(H,46,49)(H,47,50)/t32-,34+,35+,36-,37+,38+,44+,45-/m1/s1. The van der Waals surface area contributed by atoms with Gasteiger partial charge in [-0.05, 0) is 152 Å². The van der Waals surface area contributed by atoms with E-state index in [1.54, 1.807) is 4.90 Å². The molecule has 0 unspecified atom stereocenters. The van der Waals surface area contributed by atoms with E-state index >= 15 is 0 Å². The molecule has 0 aromatic heterocycles. The Morgan fingerprint density at radius 2 is 1.46 bits per heavy atom. The van der Waals surface area contributed by atoms with E-state index in [1.807, 2.05) is 41.5 Å². The Balaban J connectivity index is 1.22. The van der Waals surface area contributed by atoms with Gasteiger partial charge in [0, 0.05) is 32.6 Å². The van der Waals surface area contributed by atoms with Crippen LogP contribution >= 0.6 is 0 Å². The summed E-state index contributed by atoms with van der Waals surface area (Å²) < 4.78 is 17.0. The predicted molar refractivity (Wildman–Crippen MR) is 217 cm³/mol. The van der Waals surface area contributed by atoms with Gasteiger partial charge in [0.1, 0.15) is 17.3 Å². The average molecular weight is 758 g/mol. The SMILES string of the molecule is CC(C)CCC[C@@H](C)[C@H]1CC[C@H]2[C@@H]3CC=C4C[C@@H](OC(=O)NCCCN(CCCCNC(=O)OC(C)(C)C)C(=O)OC(C)(C)C)CC[C@]4(C)[C@H]3CC[C@]12C. The Bertz CT molecular complexity index is 1280. The monoisotopic (exact) mass is 758 g/mol. The van der Waals surface area contributed by atoms with E-state index in [2.05, 4.69) is 51.3 Å². The summed E-state index contributed by atoms with van der Waals surface area (Å²) in [7, 11) is 0. The maximum Gasteiger partial charge on any atom is 0.410 e. The summed E-state index contributed by atoms with van der Waals surface area (Å²) in [5.41, 5.74) is 1.09. The van der Waals surface area contributed by atoms with Crippen molar-refractivity contribution in [2.75, 3.05) is 26.2 Å². The maximum atomic E-state index is 13.0. The fraction of sp³-hybridized carbons (Fsp3) is 0.889. The van der Waals surface area contributed by atoms with Crippen molar-refractivity contribution in [3.05, 3.63) is 11.6 Å². The van der Waals surface area contributed by atoms with Crippen molar-refractivity contribution in [3.8, 4) is 0 Å². The minimum absolute atomic E-state index is 0.0927. The normalized spacial score (nSPS) is 29.9. The fourth-order valence-corrected chi connectivity index (χ4v) is 11.0. The molecule has 3 fully saturated rings. The van der Waals surface area contributed by atoms with Crippen LogP contribution in [0.3, 0.4) is 0 Å². The van der Waals surface area contributed by atoms with Crippen molar-refractivity contribution < 1.29 is 28.6 Å². The molecule has 0 saturated heterocycles. The first kappa shape index (κ1) is 44.3. The van der Waals surface area contributed by atoms with E-state index < -0.39 is 17.3 Å². The largest absolute Gasteiger partial charge is 0.446 e. The van der Waals surface area contributed by atoms with E-state index in [4.69, 9.17) is 14.2 Å². The number of hydrogen-bond acceptors (Lipinski definition) is 6. The first-order valence-corrected chi connectivity index (χ1v) is 21.8. The first-order valence-electron chi connectivity index (χ1n) is 21.8. The van der Waals surface area contributed by atoms with Gasteiger partial charge < -0.3 is 29.7 Å². The van der Waals surface area contributed by atoms with Crippen LogP contribution in [0, 0.1) is 46.3 Å². The number of alkyl carbamates (subject to hydrolysis) is 2. The van der Waals surface area contributed by atoms with Crippen LogP contribution in [0.2, 0.25) is 0 Å². The summed E-state index contributed by atoms with van der Waals surface area (Å²) in [5.74, 6) is 4.88. The number of carbonyl (C=O) groups is 3. The molecule has 9 nitrogen and oxygen atoms in total. The molecule has 310 valence electrons. The van der Waals surface area contributed by atoms with E-state index in [-0.39, 0.29) is 23.7 Å². The molecule has 4 rings (SSSR count). The second-order valence-electron chi connectivity index (χ2n) is 20.4. The molecule has 0 aromatic rings. The average Bonchev–Trinajstić information content (AvgIpc) is 3.41. The lowest BCUT2D eigenvalue weighted by Crippen LogP contribution is -2.51. The quantitative estimate of drug-likeness (QED) is 0.0979. The maximum absolute atomic E-state index is 13.0. The summed E-state index contributed by atoms with van der Waals surface area (Å²) in [6, 6.07) is 0. The van der Waals surface area contributed by atoms with Gasteiger partial charge in [0.25, 0.3) is 0 Å². The molecule has 0 radical (unpaired) electrons. The first-order chi connectivity index (χ1) is 25.2. The summed E-state index contributed by atoms with van der Waals surface area (Å²) >= 11 is 0. The molecular weight excluding hydrogens is 679 g/mol. The van der Waals surface area contributed by atoms with Crippen molar-refractivity contribution in [1.82, 2.24) is 15.5 Å². The van der Waals surface area contributed by atoms with Crippen LogP contribution in [0.1, 0.15) is 166 Å². The molecule has 3 saturated carbocycles. The third-order valence-corrected chi connectivity index (χ3v) is 13.6. The molecule has 3 amide bonds. The Morgan fingerprint density at radius 1 is 0.796 bits per heavy atom. The van der Waals surface area contributed by atoms with Crippen LogP contribution in [-0.2, 0) is 14.2 Å². The van der Waals surface area contributed by atoms with Crippen molar-refractivity contribution in [3.63, 3.8) is 0 Å². The molecule has 54 heavy (non-hydrogen) atoms. The van der Waals surface area contributed by atoms with E-state index in [0.717, 1.165) is 54.8 Å². The molecular formula is C45H79N3O6. The van der Waals surface area contributed by atoms with Gasteiger partial charge in [-0.1, -0.05) is 65.5 Å². The van der Waals surface area contributed by atoms with Crippen LogP contribution in [-0.4, -0.2) is 66.7 Å².